The Balaban J connectivity index is 1.27. The lowest BCUT2D eigenvalue weighted by Gasteiger charge is -2.26. The first kappa shape index (κ1) is 17.3. The SMILES string of the molecule is CC(c1nc(C2CC2)no1)N1C[C@H]2CCC[C@@]2(c2nc(-c3cccnc3)no2)C1. The van der Waals surface area contributed by atoms with Gasteiger partial charge < -0.3 is 9.05 Å². The Hall–Kier alpha value is -2.61. The maximum Gasteiger partial charge on any atom is 0.243 e. The van der Waals surface area contributed by atoms with Crippen molar-refractivity contribution in [3.63, 3.8) is 0 Å². The normalized spacial score (nSPS) is 28.0. The van der Waals surface area contributed by atoms with Gasteiger partial charge in [-0.2, -0.15) is 9.97 Å². The molecule has 1 saturated heterocycles. The van der Waals surface area contributed by atoms with Crippen molar-refractivity contribution in [3.8, 4) is 11.4 Å². The van der Waals surface area contributed by atoms with E-state index < -0.39 is 0 Å². The Bertz CT molecular complexity index is 1010. The molecule has 0 aromatic carbocycles. The van der Waals surface area contributed by atoms with E-state index in [2.05, 4.69) is 32.1 Å². The topological polar surface area (TPSA) is 94.0 Å². The van der Waals surface area contributed by atoms with Gasteiger partial charge >= 0.3 is 0 Å². The van der Waals surface area contributed by atoms with Crippen molar-refractivity contribution in [1.82, 2.24) is 30.2 Å². The first-order chi connectivity index (χ1) is 14.2. The predicted octanol–water partition coefficient (Wildman–Crippen LogP) is 3.51. The van der Waals surface area contributed by atoms with Crippen molar-refractivity contribution in [1.29, 1.82) is 0 Å². The molecule has 0 N–H and O–H groups in total. The van der Waals surface area contributed by atoms with Crippen LogP contribution in [0.15, 0.2) is 33.6 Å². The molecule has 8 heteroatoms. The second-order valence-corrected chi connectivity index (χ2v) is 8.78. The second-order valence-electron chi connectivity index (χ2n) is 8.78. The minimum absolute atomic E-state index is 0.0823. The van der Waals surface area contributed by atoms with Crippen molar-refractivity contribution in [2.24, 2.45) is 5.92 Å². The van der Waals surface area contributed by atoms with E-state index in [1.54, 1.807) is 12.4 Å². The Morgan fingerprint density at radius 1 is 1.17 bits per heavy atom. The van der Waals surface area contributed by atoms with E-state index in [1.165, 1.54) is 25.7 Å². The zero-order chi connectivity index (χ0) is 19.4. The lowest BCUT2D eigenvalue weighted by atomic mass is 9.80. The van der Waals surface area contributed by atoms with Crippen molar-refractivity contribution in [3.05, 3.63) is 42.1 Å². The third-order valence-corrected chi connectivity index (χ3v) is 6.97. The molecule has 0 amide bonds. The lowest BCUT2D eigenvalue weighted by molar-refractivity contribution is 0.185. The highest BCUT2D eigenvalue weighted by molar-refractivity contribution is 5.52. The van der Waals surface area contributed by atoms with E-state index in [1.807, 2.05) is 12.1 Å². The number of aromatic nitrogens is 5. The number of hydrogen-bond acceptors (Lipinski definition) is 8. The van der Waals surface area contributed by atoms with Crippen LogP contribution in [0.2, 0.25) is 0 Å². The molecule has 4 heterocycles. The van der Waals surface area contributed by atoms with Crippen molar-refractivity contribution in [2.75, 3.05) is 13.1 Å². The molecule has 3 atom stereocenters. The van der Waals surface area contributed by atoms with Gasteiger partial charge in [0, 0.05) is 37.0 Å². The molecule has 2 aliphatic carbocycles. The van der Waals surface area contributed by atoms with Gasteiger partial charge in [-0.3, -0.25) is 9.88 Å². The summed E-state index contributed by atoms with van der Waals surface area (Å²) < 4.78 is 11.4. The van der Waals surface area contributed by atoms with E-state index in [0.717, 1.165) is 42.7 Å². The molecule has 6 rings (SSSR count). The van der Waals surface area contributed by atoms with E-state index in [0.29, 0.717) is 17.7 Å². The third-order valence-electron chi connectivity index (χ3n) is 6.97. The van der Waals surface area contributed by atoms with Gasteiger partial charge in [0.1, 0.15) is 0 Å². The van der Waals surface area contributed by atoms with E-state index in [4.69, 9.17) is 14.0 Å². The standard InChI is InChI=1S/C21H24N6O2/c1-13(19-23-17(25-28-19)14-6-7-14)27-11-16-5-2-8-21(16,12-27)20-24-18(26-29-20)15-4-3-9-22-10-15/h3-4,9-10,13-14,16H,2,5-8,11-12H2,1H3/t13?,16-,21-/m1/s1. The van der Waals surface area contributed by atoms with Crippen LogP contribution in [0.5, 0.6) is 0 Å². The average molecular weight is 392 g/mol. The van der Waals surface area contributed by atoms with Gasteiger partial charge in [-0.25, -0.2) is 0 Å². The number of rotatable bonds is 5. The molecule has 0 radical (unpaired) electrons. The van der Waals surface area contributed by atoms with Crippen LogP contribution >= 0.6 is 0 Å². The van der Waals surface area contributed by atoms with Gasteiger partial charge in [0.2, 0.25) is 17.6 Å². The van der Waals surface area contributed by atoms with Crippen LogP contribution in [0.4, 0.5) is 0 Å². The fourth-order valence-electron chi connectivity index (χ4n) is 5.09. The second kappa shape index (κ2) is 6.45. The van der Waals surface area contributed by atoms with E-state index >= 15 is 0 Å². The summed E-state index contributed by atoms with van der Waals surface area (Å²) in [6.45, 7) is 4.04. The molecular formula is C21H24N6O2. The largest absolute Gasteiger partial charge is 0.338 e. The molecule has 1 aliphatic heterocycles. The molecule has 3 aromatic heterocycles. The number of pyridine rings is 1. The summed E-state index contributed by atoms with van der Waals surface area (Å²) in [4.78, 5) is 16.1. The summed E-state index contributed by atoms with van der Waals surface area (Å²) in [5, 5.41) is 8.45. The molecule has 29 heavy (non-hydrogen) atoms. The summed E-state index contributed by atoms with van der Waals surface area (Å²) in [6, 6.07) is 3.95. The van der Waals surface area contributed by atoms with E-state index in [-0.39, 0.29) is 11.5 Å². The fraction of sp³-hybridized carbons (Fsp3) is 0.571. The minimum atomic E-state index is -0.0823. The Labute approximate surface area is 168 Å². The summed E-state index contributed by atoms with van der Waals surface area (Å²) in [5.41, 5.74) is 0.802. The van der Waals surface area contributed by atoms with Gasteiger partial charge in [-0.05, 0) is 50.7 Å². The predicted molar refractivity (Wildman–Crippen MR) is 103 cm³/mol. The number of fused-ring (bicyclic) bond motifs is 1. The van der Waals surface area contributed by atoms with Crippen LogP contribution in [0.3, 0.4) is 0 Å². The number of nitrogens with zero attached hydrogens (tertiary/aromatic N) is 6. The van der Waals surface area contributed by atoms with Gasteiger partial charge in [0.15, 0.2) is 5.82 Å². The smallest absolute Gasteiger partial charge is 0.243 e. The zero-order valence-corrected chi connectivity index (χ0v) is 16.5. The van der Waals surface area contributed by atoms with Crippen LogP contribution < -0.4 is 0 Å². The molecular weight excluding hydrogens is 368 g/mol. The molecule has 0 spiro atoms. The van der Waals surface area contributed by atoms with E-state index in [9.17, 15) is 0 Å². The maximum absolute atomic E-state index is 5.82. The summed E-state index contributed by atoms with van der Waals surface area (Å²) in [6.07, 6.45) is 9.34. The number of likely N-dealkylation sites (tertiary alicyclic amines) is 1. The van der Waals surface area contributed by atoms with Gasteiger partial charge in [0.05, 0.1) is 11.5 Å². The van der Waals surface area contributed by atoms with Gasteiger partial charge in [0.25, 0.3) is 0 Å². The Kier molecular flexibility index (Phi) is 3.84. The maximum atomic E-state index is 5.82. The molecule has 3 fully saturated rings. The quantitative estimate of drug-likeness (QED) is 0.651. The summed E-state index contributed by atoms with van der Waals surface area (Å²) >= 11 is 0. The summed E-state index contributed by atoms with van der Waals surface area (Å²) in [5.74, 6) is 4.00. The van der Waals surface area contributed by atoms with Crippen LogP contribution in [-0.4, -0.2) is 43.3 Å². The zero-order valence-electron chi connectivity index (χ0n) is 16.5. The molecule has 3 aliphatic rings. The lowest BCUT2D eigenvalue weighted by Crippen LogP contribution is -2.33. The monoisotopic (exact) mass is 392 g/mol. The highest BCUT2D eigenvalue weighted by Gasteiger charge is 2.55. The molecule has 3 aromatic rings. The van der Waals surface area contributed by atoms with Crippen LogP contribution in [0.25, 0.3) is 11.4 Å². The van der Waals surface area contributed by atoms with Gasteiger partial charge in [-0.15, -0.1) is 0 Å². The first-order valence-corrected chi connectivity index (χ1v) is 10.5. The first-order valence-electron chi connectivity index (χ1n) is 10.5. The van der Waals surface area contributed by atoms with Crippen LogP contribution in [0.1, 0.15) is 68.6 Å². The van der Waals surface area contributed by atoms with Gasteiger partial charge in [-0.1, -0.05) is 16.7 Å². The third kappa shape index (κ3) is 2.80. The molecule has 8 nitrogen and oxygen atoms in total. The molecule has 150 valence electrons. The molecule has 2 saturated carbocycles. The number of hydrogen-bond donors (Lipinski definition) is 0. The minimum Gasteiger partial charge on any atom is -0.338 e. The summed E-state index contributed by atoms with van der Waals surface area (Å²) in [7, 11) is 0. The fourth-order valence-corrected chi connectivity index (χ4v) is 5.09. The Morgan fingerprint density at radius 3 is 2.93 bits per heavy atom. The van der Waals surface area contributed by atoms with Crippen LogP contribution in [-0.2, 0) is 5.41 Å². The molecule has 0 bridgehead atoms. The van der Waals surface area contributed by atoms with Crippen molar-refractivity contribution >= 4 is 0 Å². The van der Waals surface area contributed by atoms with Crippen molar-refractivity contribution < 1.29 is 9.05 Å². The molecule has 1 unspecified atom stereocenters. The highest BCUT2D eigenvalue weighted by atomic mass is 16.5. The van der Waals surface area contributed by atoms with Crippen molar-refractivity contribution in [2.45, 2.75) is 56.4 Å². The average Bonchev–Trinajstić information content (AvgIpc) is 3.15. The van der Waals surface area contributed by atoms with Crippen LogP contribution in [0, 0.1) is 5.92 Å². The Morgan fingerprint density at radius 2 is 2.10 bits per heavy atom. The highest BCUT2D eigenvalue weighted by Crippen LogP contribution is 2.51.